The van der Waals surface area contributed by atoms with Crippen LogP contribution in [0.1, 0.15) is 11.3 Å². The molecule has 0 aliphatic heterocycles. The van der Waals surface area contributed by atoms with Gasteiger partial charge in [0.2, 0.25) is 0 Å². The van der Waals surface area contributed by atoms with Gasteiger partial charge >= 0.3 is 0 Å². The lowest BCUT2D eigenvalue weighted by atomic mass is 10.2. The van der Waals surface area contributed by atoms with Crippen LogP contribution in [0.2, 0.25) is 5.15 Å². The molecule has 1 aromatic heterocycles. The SMILES string of the molecule is Cc1ccc(/C=C(\N)C(=O)N(C)C)c(Cl)n1. The summed E-state index contributed by atoms with van der Waals surface area (Å²) in [6.45, 7) is 1.84. The van der Waals surface area contributed by atoms with E-state index in [-0.39, 0.29) is 11.6 Å². The number of hydrogen-bond acceptors (Lipinski definition) is 3. The van der Waals surface area contributed by atoms with Gasteiger partial charge < -0.3 is 10.6 Å². The lowest BCUT2D eigenvalue weighted by Crippen LogP contribution is -2.27. The van der Waals surface area contributed by atoms with Crippen LogP contribution in [0, 0.1) is 6.92 Å². The quantitative estimate of drug-likeness (QED) is 0.628. The van der Waals surface area contributed by atoms with E-state index >= 15 is 0 Å². The molecule has 1 rings (SSSR count). The smallest absolute Gasteiger partial charge is 0.269 e. The summed E-state index contributed by atoms with van der Waals surface area (Å²) >= 11 is 5.92. The molecule has 2 N–H and O–H groups in total. The van der Waals surface area contributed by atoms with E-state index in [1.165, 1.54) is 11.0 Å². The number of pyridine rings is 1. The molecule has 0 saturated heterocycles. The molecule has 0 fully saturated rings. The number of carbonyl (C=O) groups is 1. The first-order chi connectivity index (χ1) is 7.41. The summed E-state index contributed by atoms with van der Waals surface area (Å²) in [6, 6.07) is 3.59. The molecule has 4 nitrogen and oxygen atoms in total. The second-order valence-electron chi connectivity index (χ2n) is 3.63. The van der Waals surface area contributed by atoms with E-state index in [1.54, 1.807) is 20.2 Å². The molecule has 16 heavy (non-hydrogen) atoms. The fourth-order valence-electron chi connectivity index (χ4n) is 1.13. The number of amides is 1. The maximum absolute atomic E-state index is 11.5. The van der Waals surface area contributed by atoms with E-state index in [2.05, 4.69) is 4.98 Å². The first-order valence-corrected chi connectivity index (χ1v) is 5.11. The van der Waals surface area contributed by atoms with Crippen LogP contribution in [0.3, 0.4) is 0 Å². The zero-order valence-electron chi connectivity index (χ0n) is 9.49. The van der Waals surface area contributed by atoms with E-state index in [1.807, 2.05) is 13.0 Å². The molecule has 0 aliphatic rings. The third-order valence-corrected chi connectivity index (χ3v) is 2.28. The Kier molecular flexibility index (Phi) is 3.90. The van der Waals surface area contributed by atoms with Crippen molar-refractivity contribution in [1.82, 2.24) is 9.88 Å². The second kappa shape index (κ2) is 4.99. The minimum atomic E-state index is -0.253. The number of likely N-dealkylation sites (N-methyl/N-ethyl adjacent to an activating group) is 1. The van der Waals surface area contributed by atoms with Crippen molar-refractivity contribution >= 4 is 23.6 Å². The average Bonchev–Trinajstić information content (AvgIpc) is 2.20. The topological polar surface area (TPSA) is 59.2 Å². The molecule has 0 saturated carbocycles. The normalized spacial score (nSPS) is 11.4. The molecule has 1 aromatic rings. The summed E-state index contributed by atoms with van der Waals surface area (Å²) in [5, 5.41) is 0.342. The van der Waals surface area contributed by atoms with Crippen molar-refractivity contribution < 1.29 is 4.79 Å². The maximum Gasteiger partial charge on any atom is 0.269 e. The van der Waals surface area contributed by atoms with E-state index in [0.717, 1.165) is 5.69 Å². The summed E-state index contributed by atoms with van der Waals surface area (Å²) in [5.41, 5.74) is 7.24. The van der Waals surface area contributed by atoms with Crippen LogP contribution in [0.25, 0.3) is 6.08 Å². The summed E-state index contributed by atoms with van der Waals surface area (Å²) in [5.74, 6) is -0.253. The molecule has 86 valence electrons. The third-order valence-electron chi connectivity index (χ3n) is 1.98. The van der Waals surface area contributed by atoms with Crippen LogP contribution in [-0.2, 0) is 4.79 Å². The van der Waals surface area contributed by atoms with Crippen molar-refractivity contribution in [2.75, 3.05) is 14.1 Å². The lowest BCUT2D eigenvalue weighted by molar-refractivity contribution is -0.124. The highest BCUT2D eigenvalue weighted by Gasteiger charge is 2.08. The van der Waals surface area contributed by atoms with Crippen LogP contribution in [0.15, 0.2) is 17.8 Å². The van der Waals surface area contributed by atoms with Crippen molar-refractivity contribution in [1.29, 1.82) is 0 Å². The zero-order valence-corrected chi connectivity index (χ0v) is 10.2. The standard InChI is InChI=1S/C11H14ClN3O/c1-7-4-5-8(10(12)14-7)6-9(13)11(16)15(2)3/h4-6H,13H2,1-3H3/b9-6-. The summed E-state index contributed by atoms with van der Waals surface area (Å²) in [4.78, 5) is 17.0. The van der Waals surface area contributed by atoms with E-state index in [0.29, 0.717) is 10.7 Å². The van der Waals surface area contributed by atoms with Gasteiger partial charge in [0.05, 0.1) is 5.70 Å². The zero-order chi connectivity index (χ0) is 12.3. The van der Waals surface area contributed by atoms with Gasteiger partial charge in [0.25, 0.3) is 5.91 Å². The Morgan fingerprint density at radius 3 is 2.62 bits per heavy atom. The number of carbonyl (C=O) groups excluding carboxylic acids is 1. The molecule has 5 heteroatoms. The highest BCUT2D eigenvalue weighted by molar-refractivity contribution is 6.31. The first-order valence-electron chi connectivity index (χ1n) is 4.74. The van der Waals surface area contributed by atoms with Gasteiger partial charge in [-0.2, -0.15) is 0 Å². The van der Waals surface area contributed by atoms with Crippen LogP contribution in [0.5, 0.6) is 0 Å². The predicted molar refractivity (Wildman–Crippen MR) is 64.8 cm³/mol. The minimum absolute atomic E-state index is 0.137. The number of nitrogens with zero attached hydrogens (tertiary/aromatic N) is 2. The molecule has 1 heterocycles. The van der Waals surface area contributed by atoms with Crippen LogP contribution < -0.4 is 5.73 Å². The van der Waals surface area contributed by atoms with Crippen LogP contribution >= 0.6 is 11.6 Å². The van der Waals surface area contributed by atoms with Gasteiger partial charge in [-0.15, -0.1) is 0 Å². The van der Waals surface area contributed by atoms with Crippen LogP contribution in [0.4, 0.5) is 0 Å². The Balaban J connectivity index is 3.03. The molecular formula is C11H14ClN3O. The van der Waals surface area contributed by atoms with Crippen LogP contribution in [-0.4, -0.2) is 29.9 Å². The Labute approximate surface area is 99.7 Å². The molecule has 0 aromatic carbocycles. The van der Waals surface area contributed by atoms with Crippen molar-refractivity contribution in [2.45, 2.75) is 6.92 Å². The average molecular weight is 240 g/mol. The van der Waals surface area contributed by atoms with Crippen molar-refractivity contribution in [3.63, 3.8) is 0 Å². The number of rotatable bonds is 2. The molecule has 0 unspecified atom stereocenters. The fourth-order valence-corrected chi connectivity index (χ4v) is 1.38. The Morgan fingerprint density at radius 1 is 1.50 bits per heavy atom. The monoisotopic (exact) mass is 239 g/mol. The Bertz CT molecular complexity index is 441. The second-order valence-corrected chi connectivity index (χ2v) is 3.99. The number of aromatic nitrogens is 1. The van der Waals surface area contributed by atoms with Crippen molar-refractivity contribution in [2.24, 2.45) is 5.73 Å². The molecule has 0 spiro atoms. The molecule has 0 aliphatic carbocycles. The van der Waals surface area contributed by atoms with Gasteiger partial charge in [-0.25, -0.2) is 4.98 Å². The van der Waals surface area contributed by atoms with Gasteiger partial charge in [-0.1, -0.05) is 17.7 Å². The number of nitrogens with two attached hydrogens (primary N) is 1. The van der Waals surface area contributed by atoms with E-state index < -0.39 is 0 Å². The summed E-state index contributed by atoms with van der Waals surface area (Å²) in [6.07, 6.45) is 1.52. The largest absolute Gasteiger partial charge is 0.394 e. The van der Waals surface area contributed by atoms with Crippen molar-refractivity contribution in [3.8, 4) is 0 Å². The van der Waals surface area contributed by atoms with Crippen molar-refractivity contribution in [3.05, 3.63) is 34.2 Å². The summed E-state index contributed by atoms with van der Waals surface area (Å²) in [7, 11) is 3.27. The molecule has 0 atom stereocenters. The highest BCUT2D eigenvalue weighted by atomic mass is 35.5. The fraction of sp³-hybridized carbons (Fsp3) is 0.273. The van der Waals surface area contributed by atoms with Gasteiger partial charge in [-0.05, 0) is 19.1 Å². The predicted octanol–water partition coefficient (Wildman–Crippen LogP) is 1.43. The Hall–Kier alpha value is -1.55. The first kappa shape index (κ1) is 12.5. The van der Waals surface area contributed by atoms with Gasteiger partial charge in [-0.3, -0.25) is 4.79 Å². The number of aryl methyl sites for hydroxylation is 1. The molecule has 1 amide bonds. The number of hydrogen-bond donors (Lipinski definition) is 1. The van der Waals surface area contributed by atoms with E-state index in [4.69, 9.17) is 17.3 Å². The van der Waals surface area contributed by atoms with Gasteiger partial charge in [0.15, 0.2) is 0 Å². The highest BCUT2D eigenvalue weighted by Crippen LogP contribution is 2.16. The molecule has 0 radical (unpaired) electrons. The van der Waals surface area contributed by atoms with E-state index in [9.17, 15) is 4.79 Å². The Morgan fingerprint density at radius 2 is 2.12 bits per heavy atom. The summed E-state index contributed by atoms with van der Waals surface area (Å²) < 4.78 is 0. The third kappa shape index (κ3) is 2.97. The number of halogens is 1. The maximum atomic E-state index is 11.5. The van der Waals surface area contributed by atoms with Gasteiger partial charge in [0.1, 0.15) is 5.15 Å². The minimum Gasteiger partial charge on any atom is -0.394 e. The molecule has 0 bridgehead atoms. The molecular weight excluding hydrogens is 226 g/mol. The lowest BCUT2D eigenvalue weighted by Gasteiger charge is -2.10. The van der Waals surface area contributed by atoms with Gasteiger partial charge in [0, 0.05) is 25.4 Å².